The number of hydrogen-bond donors (Lipinski definition) is 3. The van der Waals surface area contributed by atoms with Crippen molar-refractivity contribution in [1.29, 1.82) is 0 Å². The maximum Gasteiger partial charge on any atom is 0.112 e. The van der Waals surface area contributed by atoms with Gasteiger partial charge in [-0.05, 0) is 12.8 Å². The molecule has 4 atom stereocenters. The molecule has 0 radical (unpaired) electrons. The molecule has 13 heavy (non-hydrogen) atoms. The molecule has 0 aromatic carbocycles. The van der Waals surface area contributed by atoms with Gasteiger partial charge in [0, 0.05) is 5.92 Å². The molecule has 1 rings (SSSR count). The summed E-state index contributed by atoms with van der Waals surface area (Å²) in [6, 6.07) is 0. The molecule has 3 nitrogen and oxygen atoms in total. The molecule has 0 unspecified atom stereocenters. The highest BCUT2D eigenvalue weighted by atomic mass is 16.4. The van der Waals surface area contributed by atoms with Crippen molar-refractivity contribution in [2.75, 3.05) is 0 Å². The maximum atomic E-state index is 9.68. The van der Waals surface area contributed by atoms with Crippen molar-refractivity contribution in [3.05, 3.63) is 12.2 Å². The molecule has 0 aliphatic heterocycles. The van der Waals surface area contributed by atoms with Gasteiger partial charge in [-0.25, -0.2) is 0 Å². The van der Waals surface area contributed by atoms with Crippen molar-refractivity contribution in [1.82, 2.24) is 0 Å². The van der Waals surface area contributed by atoms with Crippen LogP contribution < -0.4 is 0 Å². The maximum absolute atomic E-state index is 9.68. The molecule has 76 valence electrons. The fourth-order valence-corrected chi connectivity index (χ4v) is 1.69. The first-order chi connectivity index (χ1) is 5.86. The van der Waals surface area contributed by atoms with Gasteiger partial charge in [-0.1, -0.05) is 26.0 Å². The zero-order chi connectivity index (χ0) is 10.2. The predicted octanol–water partition coefficient (Wildman–Crippen LogP) is 0.301. The van der Waals surface area contributed by atoms with E-state index in [0.717, 1.165) is 0 Å². The summed E-state index contributed by atoms with van der Waals surface area (Å²) in [4.78, 5) is 0. The molecule has 0 bridgehead atoms. The number of hydrogen-bond acceptors (Lipinski definition) is 3. The summed E-state index contributed by atoms with van der Waals surface area (Å²) in [5, 5.41) is 28.9. The average Bonchev–Trinajstić information content (AvgIpc) is 2.00. The Balaban J connectivity index is 2.87. The smallest absolute Gasteiger partial charge is 0.112 e. The third kappa shape index (κ3) is 1.93. The SMILES string of the molecule is CC(C)[C@H]1C=C[C@@](C)(O)[C@H](O)[C@@H]1O. The van der Waals surface area contributed by atoms with Gasteiger partial charge in [-0.3, -0.25) is 0 Å². The summed E-state index contributed by atoms with van der Waals surface area (Å²) in [6.07, 6.45) is 1.38. The molecule has 0 saturated carbocycles. The quantitative estimate of drug-likeness (QED) is 0.516. The molecule has 3 heteroatoms. The second-order valence-corrected chi connectivity index (χ2v) is 4.34. The van der Waals surface area contributed by atoms with E-state index in [1.165, 1.54) is 6.92 Å². The van der Waals surface area contributed by atoms with Gasteiger partial charge in [0.05, 0.1) is 6.10 Å². The monoisotopic (exact) mass is 186 g/mol. The highest BCUT2D eigenvalue weighted by Gasteiger charge is 2.41. The van der Waals surface area contributed by atoms with Crippen LogP contribution in [0.25, 0.3) is 0 Å². The summed E-state index contributed by atoms with van der Waals surface area (Å²) in [5.74, 6) is 0.187. The molecule has 0 amide bonds. The first-order valence-electron chi connectivity index (χ1n) is 4.64. The minimum absolute atomic E-state index is 0.0739. The Hall–Kier alpha value is -0.380. The van der Waals surface area contributed by atoms with Crippen LogP contribution in [0.1, 0.15) is 20.8 Å². The number of rotatable bonds is 1. The van der Waals surface area contributed by atoms with Crippen molar-refractivity contribution in [2.45, 2.75) is 38.6 Å². The molecule has 0 fully saturated rings. The highest BCUT2D eigenvalue weighted by Crippen LogP contribution is 2.30. The highest BCUT2D eigenvalue weighted by molar-refractivity contribution is 5.14. The van der Waals surface area contributed by atoms with E-state index in [4.69, 9.17) is 0 Å². The first-order valence-corrected chi connectivity index (χ1v) is 4.64. The van der Waals surface area contributed by atoms with Gasteiger partial charge in [0.25, 0.3) is 0 Å². The molecule has 0 heterocycles. The van der Waals surface area contributed by atoms with Crippen LogP contribution in [-0.2, 0) is 0 Å². The third-order valence-electron chi connectivity index (χ3n) is 2.74. The van der Waals surface area contributed by atoms with E-state index in [1.54, 1.807) is 12.2 Å². The fraction of sp³-hybridized carbons (Fsp3) is 0.800. The fourth-order valence-electron chi connectivity index (χ4n) is 1.69. The van der Waals surface area contributed by atoms with E-state index >= 15 is 0 Å². The standard InChI is InChI=1S/C10H18O3/c1-6(2)7-4-5-10(3,13)9(12)8(7)11/h4-9,11-13H,1-3H3/t7-,8-,9-,10-/m1/s1. The van der Waals surface area contributed by atoms with Gasteiger partial charge < -0.3 is 15.3 Å². The molecule has 0 saturated heterocycles. The second kappa shape index (κ2) is 3.40. The second-order valence-electron chi connectivity index (χ2n) is 4.34. The van der Waals surface area contributed by atoms with Crippen molar-refractivity contribution < 1.29 is 15.3 Å². The molecule has 0 aromatic rings. The molecule has 0 spiro atoms. The largest absolute Gasteiger partial charge is 0.390 e. The van der Waals surface area contributed by atoms with Crippen LogP contribution in [0.5, 0.6) is 0 Å². The Morgan fingerprint density at radius 2 is 1.85 bits per heavy atom. The number of aliphatic hydroxyl groups is 3. The third-order valence-corrected chi connectivity index (χ3v) is 2.74. The van der Waals surface area contributed by atoms with E-state index < -0.39 is 17.8 Å². The van der Waals surface area contributed by atoms with E-state index in [0.29, 0.717) is 0 Å². The van der Waals surface area contributed by atoms with Crippen LogP contribution in [0.4, 0.5) is 0 Å². The minimum atomic E-state index is -1.30. The van der Waals surface area contributed by atoms with Crippen molar-refractivity contribution >= 4 is 0 Å². The minimum Gasteiger partial charge on any atom is -0.390 e. The molecule has 0 aromatic heterocycles. The Kier molecular flexibility index (Phi) is 2.80. The zero-order valence-electron chi connectivity index (χ0n) is 8.31. The van der Waals surface area contributed by atoms with Crippen LogP contribution in [0.3, 0.4) is 0 Å². The lowest BCUT2D eigenvalue weighted by Crippen LogP contribution is -2.52. The van der Waals surface area contributed by atoms with Crippen LogP contribution in [0.2, 0.25) is 0 Å². The lowest BCUT2D eigenvalue weighted by molar-refractivity contribution is -0.115. The van der Waals surface area contributed by atoms with Gasteiger partial charge >= 0.3 is 0 Å². The van der Waals surface area contributed by atoms with E-state index in [-0.39, 0.29) is 11.8 Å². The van der Waals surface area contributed by atoms with Gasteiger partial charge in [-0.2, -0.15) is 0 Å². The van der Waals surface area contributed by atoms with Crippen molar-refractivity contribution in [3.8, 4) is 0 Å². The van der Waals surface area contributed by atoms with E-state index in [1.807, 2.05) is 13.8 Å². The van der Waals surface area contributed by atoms with Crippen molar-refractivity contribution in [2.24, 2.45) is 11.8 Å². The van der Waals surface area contributed by atoms with Gasteiger partial charge in [0.15, 0.2) is 0 Å². The predicted molar refractivity (Wildman–Crippen MR) is 50.1 cm³/mol. The lowest BCUT2D eigenvalue weighted by Gasteiger charge is -2.38. The van der Waals surface area contributed by atoms with Crippen LogP contribution in [0.15, 0.2) is 12.2 Å². The lowest BCUT2D eigenvalue weighted by atomic mass is 9.77. The van der Waals surface area contributed by atoms with Crippen LogP contribution >= 0.6 is 0 Å². The molecular weight excluding hydrogens is 168 g/mol. The topological polar surface area (TPSA) is 60.7 Å². The zero-order valence-corrected chi connectivity index (χ0v) is 8.31. The normalized spacial score (nSPS) is 45.6. The van der Waals surface area contributed by atoms with E-state index in [2.05, 4.69) is 0 Å². The number of aliphatic hydroxyl groups excluding tert-OH is 2. The average molecular weight is 186 g/mol. The summed E-state index contributed by atoms with van der Waals surface area (Å²) in [6.45, 7) is 5.45. The van der Waals surface area contributed by atoms with Crippen LogP contribution in [0, 0.1) is 11.8 Å². The van der Waals surface area contributed by atoms with Crippen LogP contribution in [-0.4, -0.2) is 33.1 Å². The Morgan fingerprint density at radius 3 is 2.31 bits per heavy atom. The Labute approximate surface area is 78.7 Å². The summed E-state index contributed by atoms with van der Waals surface area (Å²) in [5.41, 5.74) is -1.30. The van der Waals surface area contributed by atoms with Gasteiger partial charge in [0.1, 0.15) is 11.7 Å². The molecule has 1 aliphatic rings. The molecular formula is C10H18O3. The molecule has 3 N–H and O–H groups in total. The molecule has 1 aliphatic carbocycles. The van der Waals surface area contributed by atoms with Crippen molar-refractivity contribution in [3.63, 3.8) is 0 Å². The first kappa shape index (κ1) is 10.7. The van der Waals surface area contributed by atoms with Gasteiger partial charge in [0.2, 0.25) is 0 Å². The Bertz CT molecular complexity index is 208. The Morgan fingerprint density at radius 1 is 1.31 bits per heavy atom. The van der Waals surface area contributed by atoms with Gasteiger partial charge in [-0.15, -0.1) is 0 Å². The summed E-state index contributed by atoms with van der Waals surface area (Å²) in [7, 11) is 0. The van der Waals surface area contributed by atoms with E-state index in [9.17, 15) is 15.3 Å². The summed E-state index contributed by atoms with van der Waals surface area (Å²) >= 11 is 0. The summed E-state index contributed by atoms with van der Waals surface area (Å²) < 4.78 is 0.